The first-order valence-electron chi connectivity index (χ1n) is 6.25. The first-order chi connectivity index (χ1) is 9.78. The van der Waals surface area contributed by atoms with E-state index in [2.05, 4.69) is 17.2 Å². The Hall–Kier alpha value is -2.33. The van der Waals surface area contributed by atoms with Gasteiger partial charge in [0.05, 0.1) is 0 Å². The lowest BCUT2D eigenvalue weighted by atomic mass is 10.3. The number of hydrogen-bond donors (Lipinski definition) is 2. The highest BCUT2D eigenvalue weighted by molar-refractivity contribution is 7.80. The normalized spacial score (nSPS) is 9.60. The van der Waals surface area contributed by atoms with E-state index in [1.807, 2.05) is 54.6 Å². The van der Waals surface area contributed by atoms with E-state index < -0.39 is 0 Å². The van der Waals surface area contributed by atoms with Crippen molar-refractivity contribution in [1.29, 1.82) is 0 Å². The van der Waals surface area contributed by atoms with E-state index in [0.29, 0.717) is 11.7 Å². The number of hydrogen-bond acceptors (Lipinski definition) is 2. The molecular weight excluding hydrogens is 268 g/mol. The van der Waals surface area contributed by atoms with E-state index in [1.54, 1.807) is 6.08 Å². The van der Waals surface area contributed by atoms with Crippen LogP contribution in [0.5, 0.6) is 5.75 Å². The van der Waals surface area contributed by atoms with Crippen molar-refractivity contribution >= 4 is 28.7 Å². The predicted octanol–water partition coefficient (Wildman–Crippen LogP) is 4.06. The fourth-order valence-electron chi connectivity index (χ4n) is 1.63. The van der Waals surface area contributed by atoms with Gasteiger partial charge in [0.1, 0.15) is 12.4 Å². The molecule has 0 aliphatic carbocycles. The molecule has 2 N–H and O–H groups in total. The quantitative estimate of drug-likeness (QED) is 0.641. The molecule has 0 spiro atoms. The number of thiocarbonyl (C=S) groups is 1. The molecule has 102 valence electrons. The van der Waals surface area contributed by atoms with Crippen molar-refractivity contribution in [3.05, 3.63) is 67.3 Å². The zero-order valence-electron chi connectivity index (χ0n) is 11.0. The lowest BCUT2D eigenvalue weighted by Crippen LogP contribution is -2.18. The van der Waals surface area contributed by atoms with Crippen molar-refractivity contribution < 1.29 is 4.74 Å². The van der Waals surface area contributed by atoms with Gasteiger partial charge in [0.15, 0.2) is 5.11 Å². The number of nitrogens with one attached hydrogen (secondary N) is 2. The summed E-state index contributed by atoms with van der Waals surface area (Å²) in [5.41, 5.74) is 1.82. The third-order valence-corrected chi connectivity index (χ3v) is 2.70. The fraction of sp³-hybridized carbons (Fsp3) is 0.0625. The average Bonchev–Trinajstić information content (AvgIpc) is 2.46. The monoisotopic (exact) mass is 284 g/mol. The minimum Gasteiger partial charge on any atom is -0.489 e. The predicted molar refractivity (Wildman–Crippen MR) is 88.4 cm³/mol. The Morgan fingerprint density at radius 3 is 2.50 bits per heavy atom. The number of para-hydroxylation sites is 1. The Morgan fingerprint density at radius 2 is 1.75 bits per heavy atom. The highest BCUT2D eigenvalue weighted by atomic mass is 32.1. The molecule has 2 rings (SSSR count). The van der Waals surface area contributed by atoms with Crippen LogP contribution in [0.15, 0.2) is 67.3 Å². The molecule has 0 amide bonds. The van der Waals surface area contributed by atoms with Gasteiger partial charge in [-0.1, -0.05) is 36.9 Å². The van der Waals surface area contributed by atoms with Gasteiger partial charge in [0.2, 0.25) is 0 Å². The Labute approximate surface area is 124 Å². The molecule has 0 bridgehead atoms. The van der Waals surface area contributed by atoms with Gasteiger partial charge in [0, 0.05) is 17.4 Å². The van der Waals surface area contributed by atoms with Crippen molar-refractivity contribution in [1.82, 2.24) is 0 Å². The molecule has 4 heteroatoms. The summed E-state index contributed by atoms with van der Waals surface area (Å²) in [6, 6.07) is 17.4. The van der Waals surface area contributed by atoms with Crippen LogP contribution >= 0.6 is 12.2 Å². The van der Waals surface area contributed by atoms with Crippen LogP contribution in [-0.2, 0) is 0 Å². The van der Waals surface area contributed by atoms with E-state index in [4.69, 9.17) is 17.0 Å². The Balaban J connectivity index is 1.95. The molecule has 0 atom stereocenters. The first kappa shape index (κ1) is 14.1. The van der Waals surface area contributed by atoms with Gasteiger partial charge in [0.25, 0.3) is 0 Å². The van der Waals surface area contributed by atoms with Gasteiger partial charge in [-0.2, -0.15) is 0 Å². The van der Waals surface area contributed by atoms with Gasteiger partial charge >= 0.3 is 0 Å². The van der Waals surface area contributed by atoms with Gasteiger partial charge in [-0.15, -0.1) is 0 Å². The molecule has 0 aliphatic heterocycles. The van der Waals surface area contributed by atoms with Crippen molar-refractivity contribution in [3.63, 3.8) is 0 Å². The maximum atomic E-state index is 5.47. The van der Waals surface area contributed by atoms with Crippen LogP contribution < -0.4 is 15.4 Å². The van der Waals surface area contributed by atoms with Crippen LogP contribution in [0.1, 0.15) is 0 Å². The second-order valence-corrected chi connectivity index (χ2v) is 4.48. The number of rotatable bonds is 5. The summed E-state index contributed by atoms with van der Waals surface area (Å²) in [7, 11) is 0. The molecule has 20 heavy (non-hydrogen) atoms. The second kappa shape index (κ2) is 7.31. The van der Waals surface area contributed by atoms with E-state index in [0.717, 1.165) is 17.1 Å². The Morgan fingerprint density at radius 1 is 1.05 bits per heavy atom. The molecule has 0 heterocycles. The standard InChI is InChI=1S/C16H16N2OS/c1-2-11-19-15-10-6-9-14(12-15)18-16(20)17-13-7-4-3-5-8-13/h2-10,12H,1,11H2,(H2,17,18,20). The third kappa shape index (κ3) is 4.40. The summed E-state index contributed by atoms with van der Waals surface area (Å²) >= 11 is 5.27. The van der Waals surface area contributed by atoms with Crippen LogP contribution in [-0.4, -0.2) is 11.7 Å². The molecule has 2 aromatic rings. The number of benzene rings is 2. The second-order valence-electron chi connectivity index (χ2n) is 4.07. The average molecular weight is 284 g/mol. The first-order valence-corrected chi connectivity index (χ1v) is 6.65. The van der Waals surface area contributed by atoms with Gasteiger partial charge in [-0.05, 0) is 36.5 Å². The molecule has 0 saturated carbocycles. The summed E-state index contributed by atoms with van der Waals surface area (Å²) in [6.45, 7) is 4.10. The summed E-state index contributed by atoms with van der Waals surface area (Å²) < 4.78 is 5.47. The van der Waals surface area contributed by atoms with Crippen molar-refractivity contribution in [2.24, 2.45) is 0 Å². The summed E-state index contributed by atoms with van der Waals surface area (Å²) in [5.74, 6) is 0.775. The topological polar surface area (TPSA) is 33.3 Å². The highest BCUT2D eigenvalue weighted by Crippen LogP contribution is 2.17. The van der Waals surface area contributed by atoms with Crippen molar-refractivity contribution in [2.75, 3.05) is 17.2 Å². The fourth-order valence-corrected chi connectivity index (χ4v) is 1.87. The molecule has 2 aromatic carbocycles. The van der Waals surface area contributed by atoms with Crippen molar-refractivity contribution in [2.45, 2.75) is 0 Å². The van der Waals surface area contributed by atoms with Gasteiger partial charge < -0.3 is 15.4 Å². The zero-order valence-corrected chi connectivity index (χ0v) is 11.8. The molecule has 3 nitrogen and oxygen atoms in total. The van der Waals surface area contributed by atoms with E-state index in [1.165, 1.54) is 0 Å². The largest absolute Gasteiger partial charge is 0.489 e. The van der Waals surface area contributed by atoms with Crippen LogP contribution in [0.4, 0.5) is 11.4 Å². The minimum atomic E-state index is 0.482. The molecule has 0 saturated heterocycles. The van der Waals surface area contributed by atoms with Gasteiger partial charge in [-0.3, -0.25) is 0 Å². The smallest absolute Gasteiger partial charge is 0.175 e. The summed E-state index contributed by atoms with van der Waals surface area (Å²) in [5, 5.41) is 6.78. The molecule has 0 aromatic heterocycles. The maximum Gasteiger partial charge on any atom is 0.175 e. The number of anilines is 2. The van der Waals surface area contributed by atoms with Crippen LogP contribution in [0.25, 0.3) is 0 Å². The molecule has 0 aliphatic rings. The lowest BCUT2D eigenvalue weighted by Gasteiger charge is -2.11. The van der Waals surface area contributed by atoms with E-state index >= 15 is 0 Å². The Kier molecular flexibility index (Phi) is 5.15. The molecular formula is C16H16N2OS. The minimum absolute atomic E-state index is 0.482. The van der Waals surface area contributed by atoms with Gasteiger partial charge in [-0.25, -0.2) is 0 Å². The SMILES string of the molecule is C=CCOc1cccc(NC(=S)Nc2ccccc2)c1. The number of ether oxygens (including phenoxy) is 1. The highest BCUT2D eigenvalue weighted by Gasteiger charge is 2.00. The van der Waals surface area contributed by atoms with Crippen LogP contribution in [0.2, 0.25) is 0 Å². The lowest BCUT2D eigenvalue weighted by molar-refractivity contribution is 0.363. The van der Waals surface area contributed by atoms with Crippen molar-refractivity contribution in [3.8, 4) is 5.75 Å². The summed E-state index contributed by atoms with van der Waals surface area (Å²) in [4.78, 5) is 0. The van der Waals surface area contributed by atoms with E-state index in [-0.39, 0.29) is 0 Å². The Bertz CT molecular complexity index is 584. The molecule has 0 radical (unpaired) electrons. The third-order valence-electron chi connectivity index (χ3n) is 2.49. The van der Waals surface area contributed by atoms with Crippen LogP contribution in [0.3, 0.4) is 0 Å². The maximum absolute atomic E-state index is 5.47. The molecule has 0 unspecified atom stereocenters. The summed E-state index contributed by atoms with van der Waals surface area (Å²) in [6.07, 6.45) is 1.71. The molecule has 0 fully saturated rings. The van der Waals surface area contributed by atoms with E-state index in [9.17, 15) is 0 Å². The van der Waals surface area contributed by atoms with Crippen LogP contribution in [0, 0.1) is 0 Å². The zero-order chi connectivity index (χ0) is 14.2.